The molecule has 0 spiro atoms. The number of hydrogen-bond acceptors (Lipinski definition) is 3. The fourth-order valence-electron chi connectivity index (χ4n) is 1.23. The summed E-state index contributed by atoms with van der Waals surface area (Å²) in [6.45, 7) is 2.07. The molecule has 82 valence electrons. The number of hydrogen-bond donors (Lipinski definition) is 2. The Labute approximate surface area is 95.0 Å². The van der Waals surface area contributed by atoms with Gasteiger partial charge in [0.1, 0.15) is 0 Å². The maximum Gasteiger partial charge on any atom is 0.158 e. The summed E-state index contributed by atoms with van der Waals surface area (Å²) >= 11 is 1.44. The van der Waals surface area contributed by atoms with Crippen molar-refractivity contribution in [1.29, 1.82) is 0 Å². The van der Waals surface area contributed by atoms with Crippen LogP contribution < -0.4 is 11.5 Å². The van der Waals surface area contributed by atoms with Crippen molar-refractivity contribution in [2.24, 2.45) is 16.5 Å². The summed E-state index contributed by atoms with van der Waals surface area (Å²) in [5, 5.41) is 0.567. The molecule has 0 saturated heterocycles. The highest BCUT2D eigenvalue weighted by Gasteiger charge is 2.03. The second-order valence-corrected chi connectivity index (χ2v) is 4.09. The quantitative estimate of drug-likeness (QED) is 0.611. The van der Waals surface area contributed by atoms with Crippen molar-refractivity contribution in [3.63, 3.8) is 0 Å². The smallest absolute Gasteiger partial charge is 0.158 e. The summed E-state index contributed by atoms with van der Waals surface area (Å²) in [6, 6.07) is 7.96. The van der Waals surface area contributed by atoms with Crippen molar-refractivity contribution in [2.75, 3.05) is 6.26 Å². The van der Waals surface area contributed by atoms with E-state index in [9.17, 15) is 0 Å². The number of thioether (sulfide) groups is 1. The zero-order valence-corrected chi connectivity index (χ0v) is 9.92. The van der Waals surface area contributed by atoms with E-state index in [2.05, 4.69) is 11.9 Å². The third-order valence-corrected chi connectivity index (χ3v) is 2.70. The van der Waals surface area contributed by atoms with Gasteiger partial charge in [0, 0.05) is 6.04 Å². The fraction of sp³-hybridized carbons (Fsp3) is 0.364. The Kier molecular flexibility index (Phi) is 4.65. The molecule has 4 N–H and O–H groups in total. The van der Waals surface area contributed by atoms with Crippen molar-refractivity contribution in [1.82, 2.24) is 0 Å². The van der Waals surface area contributed by atoms with Crippen LogP contribution in [0.5, 0.6) is 0 Å². The summed E-state index contributed by atoms with van der Waals surface area (Å²) in [5.74, 6) is 0. The highest BCUT2D eigenvalue weighted by atomic mass is 32.2. The minimum Gasteiger partial charge on any atom is -0.378 e. The van der Waals surface area contributed by atoms with E-state index in [0.717, 1.165) is 17.7 Å². The molecule has 0 bridgehead atoms. The molecule has 4 heteroatoms. The summed E-state index contributed by atoms with van der Waals surface area (Å²) in [4.78, 5) is 4.26. The van der Waals surface area contributed by atoms with Crippen molar-refractivity contribution in [3.8, 4) is 0 Å². The van der Waals surface area contributed by atoms with Gasteiger partial charge >= 0.3 is 0 Å². The standard InChI is InChI=1S/C11H17N3S/c1-3-10(12)8-5-4-6-9(7-8)14-11(13)15-2/h4-7,10H,3,12H2,1-2H3,(H2,13,14). The summed E-state index contributed by atoms with van der Waals surface area (Å²) < 4.78 is 0. The van der Waals surface area contributed by atoms with Crippen molar-refractivity contribution < 1.29 is 0 Å². The highest BCUT2D eigenvalue weighted by molar-refractivity contribution is 8.13. The monoisotopic (exact) mass is 223 g/mol. The molecule has 0 aliphatic carbocycles. The van der Waals surface area contributed by atoms with Gasteiger partial charge in [0.05, 0.1) is 5.69 Å². The molecule has 1 rings (SSSR count). The van der Waals surface area contributed by atoms with Gasteiger partial charge in [-0.25, -0.2) is 4.99 Å². The van der Waals surface area contributed by atoms with Gasteiger partial charge in [0.15, 0.2) is 5.17 Å². The van der Waals surface area contributed by atoms with Crippen LogP contribution in [0.15, 0.2) is 29.3 Å². The molecule has 0 aromatic heterocycles. The molecule has 1 aromatic rings. The zero-order chi connectivity index (χ0) is 11.3. The summed E-state index contributed by atoms with van der Waals surface area (Å²) in [5.41, 5.74) is 13.6. The summed E-state index contributed by atoms with van der Waals surface area (Å²) in [7, 11) is 0. The second-order valence-electron chi connectivity index (χ2n) is 3.26. The summed E-state index contributed by atoms with van der Waals surface area (Å²) in [6.07, 6.45) is 2.83. The van der Waals surface area contributed by atoms with Crippen LogP contribution in [-0.2, 0) is 0 Å². The molecule has 0 fully saturated rings. The maximum atomic E-state index is 5.94. The Bertz CT molecular complexity index is 349. The normalized spacial score (nSPS) is 13.9. The van der Waals surface area contributed by atoms with Gasteiger partial charge in [-0.1, -0.05) is 30.8 Å². The first-order valence-corrected chi connectivity index (χ1v) is 6.13. The Hall–Kier alpha value is -1.00. The Balaban J connectivity index is 2.92. The van der Waals surface area contributed by atoms with Gasteiger partial charge in [-0.15, -0.1) is 0 Å². The molecule has 0 aliphatic rings. The van der Waals surface area contributed by atoms with E-state index in [0.29, 0.717) is 5.17 Å². The first-order chi connectivity index (χ1) is 7.17. The van der Waals surface area contributed by atoms with Crippen LogP contribution in [0, 0.1) is 0 Å². The van der Waals surface area contributed by atoms with Gasteiger partial charge in [-0.05, 0) is 30.4 Å². The second kappa shape index (κ2) is 5.78. The van der Waals surface area contributed by atoms with E-state index >= 15 is 0 Å². The SMILES string of the molecule is CCC(N)c1cccc(N=C(N)SC)c1. The van der Waals surface area contributed by atoms with Crippen LogP contribution in [0.25, 0.3) is 0 Å². The molecule has 3 nitrogen and oxygen atoms in total. The number of benzene rings is 1. The highest BCUT2D eigenvalue weighted by Crippen LogP contribution is 2.20. The molecule has 0 radical (unpaired) electrons. The predicted molar refractivity (Wildman–Crippen MR) is 68.5 cm³/mol. The van der Waals surface area contributed by atoms with Crippen LogP contribution in [-0.4, -0.2) is 11.4 Å². The van der Waals surface area contributed by atoms with E-state index in [1.165, 1.54) is 11.8 Å². The number of rotatable bonds is 3. The Morgan fingerprint density at radius 1 is 1.53 bits per heavy atom. The fourth-order valence-corrected chi connectivity index (χ4v) is 1.43. The van der Waals surface area contributed by atoms with Crippen molar-refractivity contribution in [2.45, 2.75) is 19.4 Å². The van der Waals surface area contributed by atoms with Gasteiger partial charge in [-0.2, -0.15) is 0 Å². The first-order valence-electron chi connectivity index (χ1n) is 4.91. The molecule has 0 heterocycles. The minimum absolute atomic E-state index is 0.0793. The first kappa shape index (κ1) is 12.1. The zero-order valence-electron chi connectivity index (χ0n) is 9.10. The molecule has 15 heavy (non-hydrogen) atoms. The van der Waals surface area contributed by atoms with E-state index in [4.69, 9.17) is 11.5 Å². The molecular weight excluding hydrogens is 206 g/mol. The van der Waals surface area contributed by atoms with Gasteiger partial charge in [-0.3, -0.25) is 0 Å². The number of nitrogens with zero attached hydrogens (tertiary/aromatic N) is 1. The molecule has 0 saturated carbocycles. The van der Waals surface area contributed by atoms with Gasteiger partial charge in [0.25, 0.3) is 0 Å². The van der Waals surface area contributed by atoms with Gasteiger partial charge in [0.2, 0.25) is 0 Å². The lowest BCUT2D eigenvalue weighted by Gasteiger charge is -2.09. The Morgan fingerprint density at radius 3 is 2.87 bits per heavy atom. The molecule has 0 aliphatic heterocycles. The maximum absolute atomic E-state index is 5.94. The third kappa shape index (κ3) is 3.57. The molecule has 0 amide bonds. The average molecular weight is 223 g/mol. The lowest BCUT2D eigenvalue weighted by molar-refractivity contribution is 0.699. The predicted octanol–water partition coefficient (Wildman–Crippen LogP) is 2.41. The minimum atomic E-state index is 0.0793. The van der Waals surface area contributed by atoms with Crippen LogP contribution >= 0.6 is 11.8 Å². The molecule has 1 aromatic carbocycles. The lowest BCUT2D eigenvalue weighted by Crippen LogP contribution is -2.08. The number of nitrogens with two attached hydrogens (primary N) is 2. The number of amidine groups is 1. The topological polar surface area (TPSA) is 64.4 Å². The van der Waals surface area contributed by atoms with Gasteiger partial charge < -0.3 is 11.5 Å². The average Bonchev–Trinajstić information content (AvgIpc) is 2.28. The Morgan fingerprint density at radius 2 is 2.27 bits per heavy atom. The van der Waals surface area contributed by atoms with E-state index in [1.807, 2.05) is 30.5 Å². The van der Waals surface area contributed by atoms with E-state index < -0.39 is 0 Å². The van der Waals surface area contributed by atoms with Crippen LogP contribution in [0.3, 0.4) is 0 Å². The lowest BCUT2D eigenvalue weighted by atomic mass is 10.1. The van der Waals surface area contributed by atoms with Crippen LogP contribution in [0.2, 0.25) is 0 Å². The van der Waals surface area contributed by atoms with E-state index in [-0.39, 0.29) is 6.04 Å². The van der Waals surface area contributed by atoms with Crippen molar-refractivity contribution >= 4 is 22.6 Å². The van der Waals surface area contributed by atoms with Crippen molar-refractivity contribution in [3.05, 3.63) is 29.8 Å². The molecular formula is C11H17N3S. The van der Waals surface area contributed by atoms with Crippen LogP contribution in [0.4, 0.5) is 5.69 Å². The van der Waals surface area contributed by atoms with Crippen LogP contribution in [0.1, 0.15) is 24.9 Å². The largest absolute Gasteiger partial charge is 0.378 e. The molecule has 1 unspecified atom stereocenters. The molecule has 1 atom stereocenters. The number of aliphatic imine (C=N–C) groups is 1. The van der Waals surface area contributed by atoms with E-state index in [1.54, 1.807) is 0 Å². The third-order valence-electron chi connectivity index (χ3n) is 2.19.